The van der Waals surface area contributed by atoms with Gasteiger partial charge in [-0.05, 0) is 17.9 Å². The highest BCUT2D eigenvalue weighted by molar-refractivity contribution is 7.10. The number of carbonyl (C=O) groups excluding carboxylic acids is 2. The van der Waals surface area contributed by atoms with Gasteiger partial charge in [0.05, 0.1) is 12.0 Å². The highest BCUT2D eigenvalue weighted by atomic mass is 32.1. The zero-order chi connectivity index (χ0) is 11.7. The van der Waals surface area contributed by atoms with E-state index in [2.05, 4.69) is 0 Å². The molecule has 16 heavy (non-hydrogen) atoms. The zero-order valence-electron chi connectivity index (χ0n) is 9.05. The van der Waals surface area contributed by atoms with E-state index in [-0.39, 0.29) is 23.8 Å². The molecule has 1 saturated heterocycles. The third kappa shape index (κ3) is 1.82. The van der Waals surface area contributed by atoms with Gasteiger partial charge in [0.1, 0.15) is 0 Å². The van der Waals surface area contributed by atoms with Crippen LogP contribution in [0.15, 0.2) is 17.5 Å². The lowest BCUT2D eigenvalue weighted by Gasteiger charge is -2.36. The fourth-order valence-corrected chi connectivity index (χ4v) is 3.12. The summed E-state index contributed by atoms with van der Waals surface area (Å²) >= 11 is 1.55. The number of nitrogens with two attached hydrogens (primary N) is 1. The van der Waals surface area contributed by atoms with E-state index in [0.717, 1.165) is 4.88 Å². The molecule has 0 aromatic carbocycles. The van der Waals surface area contributed by atoms with Crippen molar-refractivity contribution >= 4 is 23.2 Å². The highest BCUT2D eigenvalue weighted by Crippen LogP contribution is 2.37. The van der Waals surface area contributed by atoms with Crippen molar-refractivity contribution < 1.29 is 9.59 Å². The lowest BCUT2D eigenvalue weighted by Crippen LogP contribution is -2.44. The maximum absolute atomic E-state index is 11.6. The van der Waals surface area contributed by atoms with Crippen LogP contribution < -0.4 is 5.73 Å². The summed E-state index contributed by atoms with van der Waals surface area (Å²) in [5.74, 6) is -0.505. The van der Waals surface area contributed by atoms with Crippen LogP contribution in [0.4, 0.5) is 0 Å². The van der Waals surface area contributed by atoms with Gasteiger partial charge in [-0.15, -0.1) is 11.3 Å². The number of amides is 2. The maximum Gasteiger partial charge on any atom is 0.223 e. The average Bonchev–Trinajstić information content (AvgIpc) is 2.74. The van der Waals surface area contributed by atoms with Crippen LogP contribution in [0.1, 0.15) is 23.8 Å². The van der Waals surface area contributed by atoms with Crippen LogP contribution in [-0.4, -0.2) is 23.8 Å². The second-order valence-electron chi connectivity index (χ2n) is 4.01. The van der Waals surface area contributed by atoms with Crippen LogP contribution in [0.2, 0.25) is 0 Å². The smallest absolute Gasteiger partial charge is 0.223 e. The van der Waals surface area contributed by atoms with Crippen LogP contribution in [0.5, 0.6) is 0 Å². The van der Waals surface area contributed by atoms with Gasteiger partial charge in [0, 0.05) is 18.3 Å². The normalized spacial score (nSPS) is 25.8. The van der Waals surface area contributed by atoms with Crippen molar-refractivity contribution in [3.63, 3.8) is 0 Å². The monoisotopic (exact) mass is 238 g/mol. The van der Waals surface area contributed by atoms with Crippen molar-refractivity contribution in [2.24, 2.45) is 11.7 Å². The fraction of sp³-hybridized carbons (Fsp3) is 0.455. The molecule has 2 N–H and O–H groups in total. The lowest BCUT2D eigenvalue weighted by atomic mass is 9.87. The van der Waals surface area contributed by atoms with Crippen molar-refractivity contribution in [3.05, 3.63) is 22.4 Å². The highest BCUT2D eigenvalue weighted by Gasteiger charge is 2.38. The molecule has 1 aromatic rings. The molecule has 1 aliphatic rings. The molecule has 2 atom stereocenters. The van der Waals surface area contributed by atoms with Gasteiger partial charge in [-0.2, -0.15) is 0 Å². The largest absolute Gasteiger partial charge is 0.369 e. The first-order chi connectivity index (χ1) is 7.61. The molecule has 2 heterocycles. The Bertz CT molecular complexity index is 402. The summed E-state index contributed by atoms with van der Waals surface area (Å²) in [6, 6.07) is 3.68. The molecule has 0 radical (unpaired) electrons. The van der Waals surface area contributed by atoms with Crippen LogP contribution >= 0.6 is 11.3 Å². The van der Waals surface area contributed by atoms with Gasteiger partial charge < -0.3 is 10.6 Å². The molecule has 2 unspecified atom stereocenters. The summed E-state index contributed by atoms with van der Waals surface area (Å²) in [6.45, 7) is 0. The molecular weight excluding hydrogens is 224 g/mol. The second kappa shape index (κ2) is 4.25. The first-order valence-corrected chi connectivity index (χ1v) is 6.07. The van der Waals surface area contributed by atoms with E-state index in [1.54, 1.807) is 23.3 Å². The summed E-state index contributed by atoms with van der Waals surface area (Å²) in [6.07, 6.45) is 0.965. The van der Waals surface area contributed by atoms with Gasteiger partial charge in [-0.3, -0.25) is 9.59 Å². The molecule has 0 spiro atoms. The number of primary amides is 1. The Hall–Kier alpha value is -1.36. The minimum absolute atomic E-state index is 0.0795. The number of nitrogens with zero attached hydrogens (tertiary/aromatic N) is 1. The number of hydrogen-bond acceptors (Lipinski definition) is 3. The molecule has 2 rings (SSSR count). The number of piperidine rings is 1. The predicted molar refractivity (Wildman–Crippen MR) is 61.7 cm³/mol. The van der Waals surface area contributed by atoms with Crippen molar-refractivity contribution in [2.45, 2.75) is 18.9 Å². The number of likely N-dealkylation sites (tertiary alicyclic amines) is 1. The molecule has 5 heteroatoms. The third-order valence-electron chi connectivity index (χ3n) is 3.06. The van der Waals surface area contributed by atoms with Gasteiger partial charge >= 0.3 is 0 Å². The van der Waals surface area contributed by atoms with E-state index >= 15 is 0 Å². The van der Waals surface area contributed by atoms with Crippen molar-refractivity contribution in [2.75, 3.05) is 7.05 Å². The van der Waals surface area contributed by atoms with Crippen LogP contribution in [0, 0.1) is 5.92 Å². The van der Waals surface area contributed by atoms with Gasteiger partial charge in [0.25, 0.3) is 0 Å². The molecule has 0 bridgehead atoms. The topological polar surface area (TPSA) is 63.4 Å². The summed E-state index contributed by atoms with van der Waals surface area (Å²) in [5.41, 5.74) is 5.40. The SMILES string of the molecule is CN1C(=O)CCC(C(N)=O)C1c1cccs1. The molecule has 1 aromatic heterocycles. The van der Waals surface area contributed by atoms with Gasteiger partial charge in [-0.1, -0.05) is 6.07 Å². The molecule has 2 amide bonds. The standard InChI is InChI=1S/C11H14N2O2S/c1-13-9(14)5-4-7(11(12)15)10(13)8-3-2-6-16-8/h2-3,6-7,10H,4-5H2,1H3,(H2,12,15). The molecule has 4 nitrogen and oxygen atoms in total. The van der Waals surface area contributed by atoms with Crippen LogP contribution in [-0.2, 0) is 9.59 Å². The molecule has 1 fully saturated rings. The van der Waals surface area contributed by atoms with E-state index in [0.29, 0.717) is 12.8 Å². The molecular formula is C11H14N2O2S. The van der Waals surface area contributed by atoms with E-state index < -0.39 is 0 Å². The third-order valence-corrected chi connectivity index (χ3v) is 4.00. The predicted octanol–water partition coefficient (Wildman–Crippen LogP) is 1.14. The van der Waals surface area contributed by atoms with Crippen molar-refractivity contribution in [1.82, 2.24) is 4.90 Å². The van der Waals surface area contributed by atoms with Gasteiger partial charge in [-0.25, -0.2) is 0 Å². The Morgan fingerprint density at radius 2 is 2.38 bits per heavy atom. The van der Waals surface area contributed by atoms with Crippen molar-refractivity contribution in [1.29, 1.82) is 0 Å². The Kier molecular flexibility index (Phi) is 2.96. The number of rotatable bonds is 2. The quantitative estimate of drug-likeness (QED) is 0.839. The Morgan fingerprint density at radius 3 is 2.94 bits per heavy atom. The Balaban J connectivity index is 2.34. The molecule has 0 aliphatic carbocycles. The molecule has 1 aliphatic heterocycles. The van der Waals surface area contributed by atoms with E-state index in [9.17, 15) is 9.59 Å². The number of thiophene rings is 1. The lowest BCUT2D eigenvalue weighted by molar-refractivity contribution is -0.140. The maximum atomic E-state index is 11.6. The summed E-state index contributed by atoms with van der Waals surface area (Å²) < 4.78 is 0. The summed E-state index contributed by atoms with van der Waals surface area (Å²) in [4.78, 5) is 25.7. The second-order valence-corrected chi connectivity index (χ2v) is 4.99. The van der Waals surface area contributed by atoms with Gasteiger partial charge in [0.15, 0.2) is 0 Å². The van der Waals surface area contributed by atoms with E-state index in [4.69, 9.17) is 5.73 Å². The average molecular weight is 238 g/mol. The van der Waals surface area contributed by atoms with Crippen molar-refractivity contribution in [3.8, 4) is 0 Å². The first kappa shape index (κ1) is 11.1. The minimum atomic E-state index is -0.322. The Labute approximate surface area is 98.0 Å². The van der Waals surface area contributed by atoms with Crippen LogP contribution in [0.25, 0.3) is 0 Å². The Morgan fingerprint density at radius 1 is 1.62 bits per heavy atom. The van der Waals surface area contributed by atoms with E-state index in [1.807, 2.05) is 17.5 Å². The fourth-order valence-electron chi connectivity index (χ4n) is 2.18. The molecule has 86 valence electrons. The first-order valence-electron chi connectivity index (χ1n) is 5.19. The summed E-state index contributed by atoms with van der Waals surface area (Å²) in [7, 11) is 1.74. The van der Waals surface area contributed by atoms with E-state index in [1.165, 1.54) is 0 Å². The van der Waals surface area contributed by atoms with Crippen LogP contribution in [0.3, 0.4) is 0 Å². The number of carbonyl (C=O) groups is 2. The zero-order valence-corrected chi connectivity index (χ0v) is 9.87. The number of hydrogen-bond donors (Lipinski definition) is 1. The molecule has 0 saturated carbocycles. The summed E-state index contributed by atoms with van der Waals surface area (Å²) in [5, 5.41) is 1.94. The van der Waals surface area contributed by atoms with Gasteiger partial charge in [0.2, 0.25) is 11.8 Å². The minimum Gasteiger partial charge on any atom is -0.369 e.